The third kappa shape index (κ3) is 12.4. The zero-order valence-electron chi connectivity index (χ0n) is 25.8. The first kappa shape index (κ1) is 36.0. The predicted octanol–water partition coefficient (Wildman–Crippen LogP) is 6.77. The Labute approximate surface area is 262 Å². The number of alkyl carbamates (subject to hydrolysis) is 1. The number of amides is 1. The number of phenols is 1. The Kier molecular flexibility index (Phi) is 12.5. The minimum absolute atomic E-state index is 0.0677. The standard InChI is InChI=1S/C32H42F3NO8S/c1-31(2,3)43-30(39)36-17-9-5-4-6-13-28(38)42-21-23-19-22-11-7-8-12-25(22)29(23)26-20-24(14-15-27(26)37)44-45(40,41)18-10-16-32(33,34)35/h7-8,11-12,14-15,20,23,29,37H,4-6,9-10,13,16-19,21H2,1-3H3,(H,36,39)/t23-,29?/m0/s1. The van der Waals surface area contributed by atoms with Crippen LogP contribution in [0.15, 0.2) is 42.5 Å². The lowest BCUT2D eigenvalue weighted by Gasteiger charge is -2.22. The molecule has 9 nitrogen and oxygen atoms in total. The van der Waals surface area contributed by atoms with Crippen molar-refractivity contribution in [1.82, 2.24) is 5.32 Å². The van der Waals surface area contributed by atoms with Crippen molar-refractivity contribution in [3.8, 4) is 11.5 Å². The summed E-state index contributed by atoms with van der Waals surface area (Å²) in [5, 5.41) is 13.5. The van der Waals surface area contributed by atoms with Gasteiger partial charge in [0.1, 0.15) is 17.1 Å². The van der Waals surface area contributed by atoms with E-state index < -0.39 is 52.5 Å². The number of hydrogen-bond acceptors (Lipinski definition) is 8. The Morgan fingerprint density at radius 2 is 1.69 bits per heavy atom. The lowest BCUT2D eigenvalue weighted by Crippen LogP contribution is -2.32. The summed E-state index contributed by atoms with van der Waals surface area (Å²) < 4.78 is 78.0. The number of rotatable bonds is 15. The lowest BCUT2D eigenvalue weighted by molar-refractivity contribution is -0.145. The average Bonchev–Trinajstić information content (AvgIpc) is 3.28. The molecule has 2 aromatic carbocycles. The van der Waals surface area contributed by atoms with Crippen LogP contribution >= 0.6 is 0 Å². The highest BCUT2D eigenvalue weighted by Crippen LogP contribution is 2.46. The molecule has 2 N–H and O–H groups in total. The van der Waals surface area contributed by atoms with Crippen molar-refractivity contribution >= 4 is 22.2 Å². The zero-order chi connectivity index (χ0) is 33.3. The number of aromatic hydroxyl groups is 1. The number of halogens is 3. The van der Waals surface area contributed by atoms with E-state index in [2.05, 4.69) is 5.32 Å². The van der Waals surface area contributed by atoms with Crippen LogP contribution < -0.4 is 9.50 Å². The number of carbonyl (C=O) groups is 2. The first-order chi connectivity index (χ1) is 21.0. The summed E-state index contributed by atoms with van der Waals surface area (Å²) in [6.07, 6.45) is -3.07. The van der Waals surface area contributed by atoms with Crippen molar-refractivity contribution in [2.45, 2.75) is 89.8 Å². The van der Waals surface area contributed by atoms with Gasteiger partial charge >= 0.3 is 28.4 Å². The number of hydrogen-bond donors (Lipinski definition) is 2. The largest absolute Gasteiger partial charge is 0.508 e. The fourth-order valence-electron chi connectivity index (χ4n) is 5.25. The molecule has 0 saturated heterocycles. The number of unbranched alkanes of at least 4 members (excludes halogenated alkanes) is 3. The number of alkyl halides is 3. The highest BCUT2D eigenvalue weighted by atomic mass is 32.2. The molecule has 0 radical (unpaired) electrons. The topological polar surface area (TPSA) is 128 Å². The second kappa shape index (κ2) is 15.7. The van der Waals surface area contributed by atoms with Gasteiger partial charge in [0.15, 0.2) is 0 Å². The van der Waals surface area contributed by atoms with Crippen molar-refractivity contribution in [3.05, 3.63) is 59.2 Å². The zero-order valence-corrected chi connectivity index (χ0v) is 26.6. The van der Waals surface area contributed by atoms with Gasteiger partial charge in [-0.25, -0.2) is 4.79 Å². The quantitative estimate of drug-likeness (QED) is 0.122. The molecule has 3 rings (SSSR count). The van der Waals surface area contributed by atoms with E-state index >= 15 is 0 Å². The number of phenolic OH excluding ortho intramolecular Hbond substituents is 1. The van der Waals surface area contributed by atoms with Gasteiger partial charge in [0.2, 0.25) is 0 Å². The van der Waals surface area contributed by atoms with Crippen molar-refractivity contribution in [3.63, 3.8) is 0 Å². The van der Waals surface area contributed by atoms with Gasteiger partial charge in [-0.15, -0.1) is 0 Å². The number of benzene rings is 2. The van der Waals surface area contributed by atoms with Gasteiger partial charge in [0.05, 0.1) is 12.4 Å². The summed E-state index contributed by atoms with van der Waals surface area (Å²) in [7, 11) is -4.31. The molecule has 1 amide bonds. The second-order valence-electron chi connectivity index (χ2n) is 12.2. The molecule has 45 heavy (non-hydrogen) atoms. The molecule has 1 aliphatic carbocycles. The summed E-state index contributed by atoms with van der Waals surface area (Å²) in [5.41, 5.74) is 1.69. The van der Waals surface area contributed by atoms with Crippen LogP contribution in [0.4, 0.5) is 18.0 Å². The number of nitrogens with one attached hydrogen (secondary N) is 1. The Hall–Kier alpha value is -3.48. The van der Waals surface area contributed by atoms with Crippen LogP contribution in [-0.4, -0.2) is 56.3 Å². The smallest absolute Gasteiger partial charge is 0.407 e. The highest BCUT2D eigenvalue weighted by molar-refractivity contribution is 7.87. The number of esters is 1. The Bertz CT molecular complexity index is 1410. The minimum Gasteiger partial charge on any atom is -0.508 e. The van der Waals surface area contributed by atoms with E-state index in [1.807, 2.05) is 24.3 Å². The summed E-state index contributed by atoms with van der Waals surface area (Å²) in [6, 6.07) is 11.4. The van der Waals surface area contributed by atoms with Crippen molar-refractivity contribution < 1.29 is 49.9 Å². The van der Waals surface area contributed by atoms with Crippen LogP contribution in [0.2, 0.25) is 0 Å². The number of carbonyl (C=O) groups excluding carboxylic acids is 2. The first-order valence-electron chi connectivity index (χ1n) is 15.0. The van der Waals surface area contributed by atoms with Crippen LogP contribution in [0.1, 0.15) is 88.3 Å². The van der Waals surface area contributed by atoms with E-state index in [1.165, 1.54) is 18.2 Å². The SMILES string of the molecule is CC(C)(C)OC(=O)NCCCCCCC(=O)OC[C@@H]1Cc2ccccc2C1c1cc(OS(=O)(=O)CCCC(F)(F)F)ccc1O. The molecule has 0 aromatic heterocycles. The van der Waals surface area contributed by atoms with Crippen LogP contribution in [0, 0.1) is 5.92 Å². The van der Waals surface area contributed by atoms with Gasteiger partial charge in [-0.2, -0.15) is 21.6 Å². The predicted molar refractivity (Wildman–Crippen MR) is 162 cm³/mol. The van der Waals surface area contributed by atoms with Gasteiger partial charge < -0.3 is 24.1 Å². The van der Waals surface area contributed by atoms with Gasteiger partial charge in [0, 0.05) is 36.8 Å². The van der Waals surface area contributed by atoms with E-state index in [0.29, 0.717) is 24.9 Å². The molecule has 0 fully saturated rings. The van der Waals surface area contributed by atoms with Gasteiger partial charge in [-0.05, 0) is 75.8 Å². The molecular weight excluding hydrogens is 615 g/mol. The Morgan fingerprint density at radius 3 is 2.40 bits per heavy atom. The van der Waals surface area contributed by atoms with E-state index in [0.717, 1.165) is 30.4 Å². The molecule has 0 heterocycles. The second-order valence-corrected chi connectivity index (χ2v) is 13.9. The normalized spacial score (nSPS) is 16.6. The minimum atomic E-state index is -4.47. The lowest BCUT2D eigenvalue weighted by atomic mass is 9.85. The maximum absolute atomic E-state index is 12.6. The molecule has 1 aliphatic rings. The number of ether oxygens (including phenoxy) is 2. The van der Waals surface area contributed by atoms with E-state index in [1.54, 1.807) is 20.8 Å². The van der Waals surface area contributed by atoms with Crippen molar-refractivity contribution in [2.24, 2.45) is 5.92 Å². The molecule has 2 atom stereocenters. The fraction of sp³-hybridized carbons (Fsp3) is 0.562. The monoisotopic (exact) mass is 657 g/mol. The van der Waals surface area contributed by atoms with E-state index in [-0.39, 0.29) is 36.4 Å². The molecule has 1 unspecified atom stereocenters. The molecule has 0 spiro atoms. The van der Waals surface area contributed by atoms with Crippen LogP contribution in [-0.2, 0) is 30.8 Å². The molecule has 2 aromatic rings. The Balaban J connectivity index is 1.55. The molecule has 0 bridgehead atoms. The van der Waals surface area contributed by atoms with Gasteiger partial charge in [0.25, 0.3) is 0 Å². The van der Waals surface area contributed by atoms with Gasteiger partial charge in [-0.1, -0.05) is 37.1 Å². The Morgan fingerprint density at radius 1 is 0.978 bits per heavy atom. The third-order valence-electron chi connectivity index (χ3n) is 7.19. The van der Waals surface area contributed by atoms with E-state index in [4.69, 9.17) is 13.7 Å². The number of fused-ring (bicyclic) bond motifs is 1. The summed E-state index contributed by atoms with van der Waals surface area (Å²) >= 11 is 0. The molecule has 0 aliphatic heterocycles. The van der Waals surface area contributed by atoms with E-state index in [9.17, 15) is 36.3 Å². The van der Waals surface area contributed by atoms with Crippen LogP contribution in [0.3, 0.4) is 0 Å². The fourth-order valence-corrected chi connectivity index (χ4v) is 6.23. The molecular formula is C32H42F3NO8S. The summed E-state index contributed by atoms with van der Waals surface area (Å²) in [4.78, 5) is 24.2. The third-order valence-corrected chi connectivity index (χ3v) is 8.42. The summed E-state index contributed by atoms with van der Waals surface area (Å²) in [6.45, 7) is 5.92. The van der Waals surface area contributed by atoms with Gasteiger partial charge in [-0.3, -0.25) is 4.79 Å². The summed E-state index contributed by atoms with van der Waals surface area (Å²) in [5.74, 6) is -2.11. The average molecular weight is 658 g/mol. The maximum Gasteiger partial charge on any atom is 0.407 e. The van der Waals surface area contributed by atoms with Crippen molar-refractivity contribution in [2.75, 3.05) is 18.9 Å². The van der Waals surface area contributed by atoms with Crippen LogP contribution in [0.25, 0.3) is 0 Å². The maximum atomic E-state index is 12.6. The molecule has 0 saturated carbocycles. The molecule has 250 valence electrons. The van der Waals surface area contributed by atoms with Crippen molar-refractivity contribution in [1.29, 1.82) is 0 Å². The van der Waals surface area contributed by atoms with Crippen LogP contribution in [0.5, 0.6) is 11.5 Å². The first-order valence-corrected chi connectivity index (χ1v) is 16.6. The highest BCUT2D eigenvalue weighted by Gasteiger charge is 2.36. The molecule has 13 heteroatoms.